The molecule has 66 heavy (non-hydrogen) atoms. The second-order valence-electron chi connectivity index (χ2n) is 16.7. The van der Waals surface area contributed by atoms with Gasteiger partial charge < -0.3 is 45.1 Å². The Balaban J connectivity index is 0. The second-order valence-corrected chi connectivity index (χ2v) is 17.5. The number of unbranched alkanes of at least 4 members (excludes halogenated alkanes) is 18. The maximum absolute atomic E-state index is 11.0. The van der Waals surface area contributed by atoms with Crippen LogP contribution in [0.2, 0.25) is 10.0 Å². The molecule has 0 aliphatic heterocycles. The zero-order chi connectivity index (χ0) is 48.7. The maximum atomic E-state index is 11.0. The molecule has 0 spiro atoms. The normalized spacial score (nSPS) is 12.3. The van der Waals surface area contributed by atoms with Gasteiger partial charge in [0.25, 0.3) is 0 Å². The summed E-state index contributed by atoms with van der Waals surface area (Å²) < 4.78 is 9.42. The predicted octanol–water partition coefficient (Wildman–Crippen LogP) is 8.14. The summed E-state index contributed by atoms with van der Waals surface area (Å²) in [5.74, 6) is 0.595. The largest absolute Gasteiger partial charge is 1.00 e. The number of aliphatic hydroxyl groups excluding tert-OH is 4. The quantitative estimate of drug-likeness (QED) is 0.0150. The number of carbonyl (C=O) groups excluding carboxylic acids is 3. The fourth-order valence-corrected chi connectivity index (χ4v) is 7.32. The van der Waals surface area contributed by atoms with Crippen LogP contribution in [0.3, 0.4) is 0 Å². The molecule has 4 atom stereocenters. The van der Waals surface area contributed by atoms with E-state index in [0.29, 0.717) is 34.3 Å². The van der Waals surface area contributed by atoms with Crippen molar-refractivity contribution in [1.82, 2.24) is 0 Å². The number of benzene rings is 2. The summed E-state index contributed by atoms with van der Waals surface area (Å²) in [6, 6.07) is 9.91. The molecule has 0 heterocycles. The molecule has 0 saturated carbocycles. The summed E-state index contributed by atoms with van der Waals surface area (Å²) in [5.41, 5.74) is 1.77. The SMILES string of the molecule is C#CCCCCCCCCCCCC(O)CC(O)COC(C)=O.C=CCCCCCCCCCCCC(O)CC(O)COC(C)=O.Cc1ccc(Cl)c(Nc2ccccc2C(=O)[O-])c1Cl.[Na+]. The van der Waals surface area contributed by atoms with Gasteiger partial charge in [0, 0.05) is 44.4 Å². The van der Waals surface area contributed by atoms with Gasteiger partial charge in [-0.05, 0) is 56.7 Å². The van der Waals surface area contributed by atoms with Crippen LogP contribution >= 0.6 is 23.2 Å². The third-order valence-electron chi connectivity index (χ3n) is 10.5. The number of hydrogen-bond acceptors (Lipinski definition) is 11. The van der Waals surface area contributed by atoms with E-state index in [0.717, 1.165) is 50.5 Å². The van der Waals surface area contributed by atoms with Crippen LogP contribution in [0.15, 0.2) is 49.1 Å². The number of nitrogens with one attached hydrogen (secondary N) is 1. The zero-order valence-corrected chi connectivity index (χ0v) is 44.0. The molecule has 4 unspecified atom stereocenters. The Morgan fingerprint density at radius 1 is 0.697 bits per heavy atom. The molecule has 14 heteroatoms. The van der Waals surface area contributed by atoms with Crippen LogP contribution in [0.5, 0.6) is 0 Å². The minimum atomic E-state index is -1.26. The van der Waals surface area contributed by atoms with E-state index in [-0.39, 0.29) is 61.2 Å². The van der Waals surface area contributed by atoms with Crippen molar-refractivity contribution in [3.05, 3.63) is 70.2 Å². The Hall–Kier alpha value is -2.63. The number of rotatable bonds is 34. The van der Waals surface area contributed by atoms with Crippen molar-refractivity contribution in [2.45, 2.75) is 199 Å². The van der Waals surface area contributed by atoms with Gasteiger partial charge >= 0.3 is 41.5 Å². The number of para-hydroxylation sites is 1. The van der Waals surface area contributed by atoms with E-state index in [1.54, 1.807) is 30.3 Å². The Labute approximate surface area is 429 Å². The molecule has 0 amide bonds. The molecular weight excluding hydrogens is 892 g/mol. The van der Waals surface area contributed by atoms with E-state index in [4.69, 9.17) is 39.1 Å². The van der Waals surface area contributed by atoms with Crippen LogP contribution in [0.25, 0.3) is 0 Å². The minimum absolute atomic E-state index is 0. The smallest absolute Gasteiger partial charge is 0.545 e. The fraction of sp³-hybridized carbons (Fsp3) is 0.635. The first-order chi connectivity index (χ1) is 31.1. The number of terminal acetylenes is 1. The summed E-state index contributed by atoms with van der Waals surface area (Å²) in [5, 5.41) is 53.7. The van der Waals surface area contributed by atoms with Crippen LogP contribution in [0.1, 0.15) is 184 Å². The number of carbonyl (C=O) groups is 3. The molecule has 0 aliphatic carbocycles. The van der Waals surface area contributed by atoms with Crippen LogP contribution < -0.4 is 40.0 Å². The Morgan fingerprint density at radius 3 is 1.55 bits per heavy atom. The molecule has 0 aliphatic rings. The first-order valence-corrected chi connectivity index (χ1v) is 24.4. The van der Waals surface area contributed by atoms with Gasteiger partial charge in [-0.1, -0.05) is 156 Å². The molecule has 2 rings (SSSR count). The van der Waals surface area contributed by atoms with Crippen LogP contribution in [0, 0.1) is 19.3 Å². The van der Waals surface area contributed by atoms with Gasteiger partial charge in [-0.3, -0.25) is 9.59 Å². The van der Waals surface area contributed by atoms with E-state index in [2.05, 4.69) is 17.8 Å². The van der Waals surface area contributed by atoms with Crippen molar-refractivity contribution >= 4 is 52.5 Å². The number of aromatic carboxylic acids is 1. The predicted molar refractivity (Wildman–Crippen MR) is 262 cm³/mol. The van der Waals surface area contributed by atoms with E-state index in [9.17, 15) is 39.9 Å². The molecule has 2 aromatic rings. The van der Waals surface area contributed by atoms with Crippen molar-refractivity contribution < 1.29 is 78.9 Å². The number of carboxylic acid groups (broad SMARTS) is 1. The fourth-order valence-electron chi connectivity index (χ4n) is 6.85. The molecule has 0 radical (unpaired) electrons. The molecule has 5 N–H and O–H groups in total. The number of hydrogen-bond donors (Lipinski definition) is 5. The van der Waals surface area contributed by atoms with Gasteiger partial charge in [0.2, 0.25) is 0 Å². The van der Waals surface area contributed by atoms with Gasteiger partial charge in [-0.25, -0.2) is 0 Å². The van der Waals surface area contributed by atoms with Gasteiger partial charge in [0.15, 0.2) is 0 Å². The van der Waals surface area contributed by atoms with Crippen molar-refractivity contribution in [3.63, 3.8) is 0 Å². The number of allylic oxidation sites excluding steroid dienone is 1. The van der Waals surface area contributed by atoms with Crippen molar-refractivity contribution in [2.75, 3.05) is 18.5 Å². The topological polar surface area (TPSA) is 186 Å². The molecule has 11 nitrogen and oxygen atoms in total. The zero-order valence-electron chi connectivity index (χ0n) is 40.5. The van der Waals surface area contributed by atoms with Gasteiger partial charge in [-0.15, -0.1) is 18.9 Å². The molecule has 0 aromatic heterocycles. The summed E-state index contributed by atoms with van der Waals surface area (Å²) in [4.78, 5) is 32.3. The minimum Gasteiger partial charge on any atom is -0.545 e. The van der Waals surface area contributed by atoms with E-state index in [1.165, 1.54) is 103 Å². The van der Waals surface area contributed by atoms with Crippen LogP contribution in [-0.4, -0.2) is 76.0 Å². The monoisotopic (exact) mass is 972 g/mol. The molecule has 0 fully saturated rings. The Bertz CT molecular complexity index is 1620. The number of esters is 2. The van der Waals surface area contributed by atoms with E-state index in [1.807, 2.05) is 13.0 Å². The van der Waals surface area contributed by atoms with Crippen molar-refractivity contribution in [2.24, 2.45) is 0 Å². The number of aryl methyl sites for hydroxylation is 1. The molecule has 368 valence electrons. The van der Waals surface area contributed by atoms with E-state index < -0.39 is 42.3 Å². The van der Waals surface area contributed by atoms with Crippen molar-refractivity contribution in [1.29, 1.82) is 0 Å². The third kappa shape index (κ3) is 37.4. The standard InChI is InChI=1S/C19H36O4.C19H34O4.C14H11Cl2NO2.Na/c2*1-3-4-5-6-7-8-9-10-11-12-13-14-18(21)15-19(22)16-23-17(2)20;1-8-6-7-10(15)13(12(8)16)17-11-5-3-2-4-9(11)14(18)19;/h3,18-19,21-22H,1,4-16H2,2H3;1,18-19,21-22H,4-16H2,2H3;2-7,17H,1H3,(H,18,19);/q;;;+1/p-1. The molecule has 0 bridgehead atoms. The number of ether oxygens (including phenoxy) is 2. The second kappa shape index (κ2) is 43.6. The first kappa shape index (κ1) is 65.5. The summed E-state index contributed by atoms with van der Waals surface area (Å²) in [7, 11) is 0. The first-order valence-electron chi connectivity index (χ1n) is 23.7. The number of anilines is 2. The third-order valence-corrected chi connectivity index (χ3v) is 11.3. The molecule has 0 saturated heterocycles. The Kier molecular flexibility index (Phi) is 43.3. The number of aliphatic hydroxyl groups is 4. The van der Waals surface area contributed by atoms with Crippen LogP contribution in [-0.2, 0) is 19.1 Å². The van der Waals surface area contributed by atoms with E-state index >= 15 is 0 Å². The molecular formula is C52H80Cl2NNaO10. The van der Waals surface area contributed by atoms with Crippen molar-refractivity contribution in [3.8, 4) is 12.3 Å². The molecule has 2 aromatic carbocycles. The van der Waals surface area contributed by atoms with Gasteiger partial charge in [0.1, 0.15) is 13.2 Å². The summed E-state index contributed by atoms with van der Waals surface area (Å²) in [6.07, 6.45) is 30.5. The summed E-state index contributed by atoms with van der Waals surface area (Å²) in [6.45, 7) is 8.12. The van der Waals surface area contributed by atoms with Gasteiger partial charge in [0.05, 0.1) is 46.1 Å². The average Bonchev–Trinajstić information content (AvgIpc) is 3.26. The maximum Gasteiger partial charge on any atom is 1.00 e. The number of carboxylic acids is 1. The summed E-state index contributed by atoms with van der Waals surface area (Å²) >= 11 is 12.2. The Morgan fingerprint density at radius 2 is 1.12 bits per heavy atom. The number of halogens is 2. The average molecular weight is 973 g/mol. The van der Waals surface area contributed by atoms with Gasteiger partial charge in [-0.2, -0.15) is 0 Å². The van der Waals surface area contributed by atoms with Crippen LogP contribution in [0.4, 0.5) is 11.4 Å².